The molecule has 24 heavy (non-hydrogen) atoms. The van der Waals surface area contributed by atoms with E-state index in [-0.39, 0.29) is 0 Å². The van der Waals surface area contributed by atoms with E-state index in [0.717, 1.165) is 18.4 Å². The summed E-state index contributed by atoms with van der Waals surface area (Å²) in [4.78, 5) is 0. The highest BCUT2D eigenvalue weighted by Gasteiger charge is 2.43. The molecule has 0 aromatic heterocycles. The van der Waals surface area contributed by atoms with Crippen LogP contribution in [0.5, 0.6) is 0 Å². The van der Waals surface area contributed by atoms with Crippen molar-refractivity contribution in [3.05, 3.63) is 12.8 Å². The van der Waals surface area contributed by atoms with E-state index >= 15 is 0 Å². The van der Waals surface area contributed by atoms with Gasteiger partial charge < -0.3 is 5.32 Å². The van der Waals surface area contributed by atoms with Crippen LogP contribution < -0.4 is 5.32 Å². The molecule has 0 saturated heterocycles. The molecule has 144 valence electrons. The van der Waals surface area contributed by atoms with Crippen molar-refractivity contribution in [3.63, 3.8) is 0 Å². The molecule has 0 aliphatic heterocycles. The summed E-state index contributed by atoms with van der Waals surface area (Å²) in [5, 5.41) is 3.19. The Hall–Kier alpha value is -0.110. The zero-order chi connectivity index (χ0) is 19.0. The summed E-state index contributed by atoms with van der Waals surface area (Å²) in [6, 6.07) is 0. The topological polar surface area (TPSA) is 12.0 Å². The summed E-state index contributed by atoms with van der Waals surface area (Å²) in [5.74, 6) is 3.96. The van der Waals surface area contributed by atoms with Gasteiger partial charge in [-0.3, -0.25) is 0 Å². The van der Waals surface area contributed by atoms with Gasteiger partial charge in [-0.1, -0.05) is 68.9 Å². The average Bonchev–Trinajstić information content (AvgIpc) is 2.38. The number of hydrogen-bond donors (Lipinski definition) is 1. The largest absolute Gasteiger partial charge is 0.391 e. The van der Waals surface area contributed by atoms with Crippen molar-refractivity contribution in [1.82, 2.24) is 5.32 Å². The minimum absolute atomic E-state index is 0.352. The maximum absolute atomic E-state index is 3.71. The Balaban J connectivity index is 4.93. The Kier molecular flexibility index (Phi) is 10.1. The molecule has 0 spiro atoms. The summed E-state index contributed by atoms with van der Waals surface area (Å²) in [6.07, 6.45) is 5.73. The summed E-state index contributed by atoms with van der Waals surface area (Å²) in [6.45, 7) is 26.7. The van der Waals surface area contributed by atoms with Gasteiger partial charge in [0.1, 0.15) is 0 Å². The van der Waals surface area contributed by atoms with Gasteiger partial charge in [-0.2, -0.15) is 11.8 Å². The fourth-order valence-electron chi connectivity index (χ4n) is 3.85. The molecule has 0 rings (SSSR count). The van der Waals surface area contributed by atoms with Gasteiger partial charge in [-0.05, 0) is 59.3 Å². The van der Waals surface area contributed by atoms with Gasteiger partial charge in [0.05, 0.1) is 0 Å². The molecule has 0 aromatic carbocycles. The summed E-state index contributed by atoms with van der Waals surface area (Å²) >= 11 is 2.08. The Morgan fingerprint density at radius 3 is 2.00 bits per heavy atom. The summed E-state index contributed by atoms with van der Waals surface area (Å²) < 4.78 is 0. The van der Waals surface area contributed by atoms with E-state index in [1.165, 1.54) is 30.8 Å². The first kappa shape index (κ1) is 23.9. The zero-order valence-electron chi connectivity index (χ0n) is 18.1. The van der Waals surface area contributed by atoms with Gasteiger partial charge in [-0.25, -0.2) is 0 Å². The first-order valence-corrected chi connectivity index (χ1v) is 10.9. The van der Waals surface area contributed by atoms with Crippen molar-refractivity contribution in [1.29, 1.82) is 0 Å². The molecule has 1 atom stereocenters. The van der Waals surface area contributed by atoms with Crippen LogP contribution >= 0.6 is 11.8 Å². The van der Waals surface area contributed by atoms with Gasteiger partial charge in [0.15, 0.2) is 0 Å². The molecule has 0 aromatic rings. The predicted molar refractivity (Wildman–Crippen MR) is 115 cm³/mol. The second-order valence-corrected chi connectivity index (χ2v) is 11.4. The maximum Gasteiger partial charge on any atom is 0.0232 e. The van der Waals surface area contributed by atoms with Crippen molar-refractivity contribution < 1.29 is 0 Å². The van der Waals surface area contributed by atoms with Crippen molar-refractivity contribution in [2.75, 3.05) is 18.1 Å². The highest BCUT2D eigenvalue weighted by molar-refractivity contribution is 7.99. The molecule has 1 nitrogen and oxygen atoms in total. The Morgan fingerprint density at radius 2 is 1.54 bits per heavy atom. The molecular weight excluding hydrogens is 310 g/mol. The molecule has 1 unspecified atom stereocenters. The lowest BCUT2D eigenvalue weighted by Gasteiger charge is -2.50. The van der Waals surface area contributed by atoms with E-state index in [1.54, 1.807) is 6.20 Å². The molecular formula is C22H45NS. The van der Waals surface area contributed by atoms with Crippen molar-refractivity contribution in [2.24, 2.45) is 28.1 Å². The molecule has 0 aliphatic carbocycles. The number of rotatable bonds is 12. The van der Waals surface area contributed by atoms with E-state index in [2.05, 4.69) is 86.0 Å². The lowest BCUT2D eigenvalue weighted by atomic mass is 9.56. The number of thioether (sulfide) groups is 1. The van der Waals surface area contributed by atoms with Gasteiger partial charge >= 0.3 is 0 Å². The van der Waals surface area contributed by atoms with E-state index in [9.17, 15) is 0 Å². The summed E-state index contributed by atoms with van der Waals surface area (Å²) in [7, 11) is 0. The van der Waals surface area contributed by atoms with E-state index in [0.29, 0.717) is 16.2 Å². The SMILES string of the molecule is C=CNCCSCCC(CC(C)(C)C)C(C)(C)C(C)(C)CC(C)C. The van der Waals surface area contributed by atoms with E-state index in [4.69, 9.17) is 0 Å². The average molecular weight is 356 g/mol. The van der Waals surface area contributed by atoms with Crippen LogP contribution in [0.3, 0.4) is 0 Å². The highest BCUT2D eigenvalue weighted by atomic mass is 32.2. The van der Waals surface area contributed by atoms with Crippen LogP contribution in [-0.4, -0.2) is 18.1 Å². The summed E-state index contributed by atoms with van der Waals surface area (Å²) in [5.41, 5.74) is 1.11. The van der Waals surface area contributed by atoms with Crippen LogP contribution in [0.2, 0.25) is 0 Å². The quantitative estimate of drug-likeness (QED) is 0.378. The normalized spacial score (nSPS) is 14.8. The molecule has 0 saturated carbocycles. The monoisotopic (exact) mass is 355 g/mol. The lowest BCUT2D eigenvalue weighted by Crippen LogP contribution is -2.41. The van der Waals surface area contributed by atoms with Crippen molar-refractivity contribution in [3.8, 4) is 0 Å². The standard InChI is InChI=1S/C22H45NS/c1-11-23-13-15-24-14-12-19(17-20(4,5)6)22(9,10)21(7,8)16-18(2)3/h11,18-19,23H,1,12-17H2,2-10H3. The fourth-order valence-corrected chi connectivity index (χ4v) is 4.77. The minimum Gasteiger partial charge on any atom is -0.391 e. The van der Waals surface area contributed by atoms with Crippen LogP contribution in [0.25, 0.3) is 0 Å². The van der Waals surface area contributed by atoms with Crippen LogP contribution in [0.4, 0.5) is 0 Å². The Labute approximate surface area is 157 Å². The third-order valence-electron chi connectivity index (χ3n) is 5.69. The second kappa shape index (κ2) is 10.1. The molecule has 0 aliphatic rings. The number of hydrogen-bond acceptors (Lipinski definition) is 2. The zero-order valence-corrected chi connectivity index (χ0v) is 18.9. The van der Waals surface area contributed by atoms with Gasteiger partial charge in [0, 0.05) is 12.3 Å². The molecule has 0 amide bonds. The van der Waals surface area contributed by atoms with Crippen LogP contribution in [-0.2, 0) is 0 Å². The molecule has 0 fully saturated rings. The van der Waals surface area contributed by atoms with Crippen molar-refractivity contribution in [2.45, 2.75) is 81.6 Å². The third-order valence-corrected chi connectivity index (χ3v) is 6.71. The highest BCUT2D eigenvalue weighted by Crippen LogP contribution is 2.52. The molecule has 1 N–H and O–H groups in total. The first-order valence-electron chi connectivity index (χ1n) is 9.75. The predicted octanol–water partition coefficient (Wildman–Crippen LogP) is 6.99. The number of nitrogens with one attached hydrogen (secondary N) is 1. The van der Waals surface area contributed by atoms with Crippen LogP contribution in [0, 0.1) is 28.1 Å². The van der Waals surface area contributed by atoms with E-state index < -0.39 is 0 Å². The van der Waals surface area contributed by atoms with Crippen LogP contribution in [0.1, 0.15) is 81.6 Å². The Morgan fingerprint density at radius 1 is 0.958 bits per heavy atom. The van der Waals surface area contributed by atoms with Crippen LogP contribution in [0.15, 0.2) is 12.8 Å². The smallest absolute Gasteiger partial charge is 0.0232 e. The second-order valence-electron chi connectivity index (χ2n) is 10.2. The molecule has 0 bridgehead atoms. The molecule has 0 radical (unpaired) electrons. The van der Waals surface area contributed by atoms with Crippen molar-refractivity contribution >= 4 is 11.8 Å². The third kappa shape index (κ3) is 8.83. The molecule has 0 heterocycles. The van der Waals surface area contributed by atoms with Gasteiger partial charge in [0.2, 0.25) is 0 Å². The van der Waals surface area contributed by atoms with E-state index in [1.807, 2.05) is 0 Å². The lowest BCUT2D eigenvalue weighted by molar-refractivity contribution is 0.00138. The fraction of sp³-hybridized carbons (Fsp3) is 0.909. The maximum atomic E-state index is 3.71. The molecule has 2 heteroatoms. The first-order chi connectivity index (χ1) is 10.8. The van der Waals surface area contributed by atoms with Gasteiger partial charge in [0.25, 0.3) is 0 Å². The Bertz CT molecular complexity index is 349. The van der Waals surface area contributed by atoms with Gasteiger partial charge in [-0.15, -0.1) is 0 Å². The minimum atomic E-state index is 0.352.